The number of esters is 1. The van der Waals surface area contributed by atoms with E-state index in [0.717, 1.165) is 11.4 Å². The number of hydrogen-bond acceptors (Lipinski definition) is 3. The highest BCUT2D eigenvalue weighted by Gasteiger charge is 2.27. The number of carbonyl (C=O) groups excluding carboxylic acids is 1. The lowest BCUT2D eigenvalue weighted by atomic mass is 10.0. The number of carbonyl (C=O) groups is 1. The van der Waals surface area contributed by atoms with Crippen molar-refractivity contribution >= 4 is 29.0 Å². The predicted octanol–water partition coefficient (Wildman–Crippen LogP) is 2.99. The molecule has 1 N–H and O–H groups in total. The molecule has 1 aliphatic heterocycles. The molecule has 0 aliphatic carbocycles. The molecule has 106 valence electrons. The maximum Gasteiger partial charge on any atom is 0.308 e. The number of allylic oxidation sites excluding steroid dienone is 1. The van der Waals surface area contributed by atoms with Crippen molar-refractivity contribution in [3.8, 4) is 5.75 Å². The van der Waals surface area contributed by atoms with Gasteiger partial charge < -0.3 is 10.1 Å². The van der Waals surface area contributed by atoms with E-state index in [1.165, 1.54) is 6.92 Å². The summed E-state index contributed by atoms with van der Waals surface area (Å²) in [6, 6.07) is 7.30. The van der Waals surface area contributed by atoms with Crippen LogP contribution in [-0.2, 0) is 4.79 Å². The lowest BCUT2D eigenvalue weighted by molar-refractivity contribution is -0.131. The fourth-order valence-electron chi connectivity index (χ4n) is 2.29. The molecule has 2 rings (SSSR count). The van der Waals surface area contributed by atoms with Gasteiger partial charge in [-0.2, -0.15) is 0 Å². The first-order valence-corrected chi connectivity index (χ1v) is 6.79. The molecule has 20 heavy (non-hydrogen) atoms. The fourth-order valence-corrected chi connectivity index (χ4v) is 2.80. The SMILES string of the molecule is CC(=O)Oc1cccc(N2C(=S)NC(C)(C)C=C2C)c1. The Bertz CT molecular complexity index is 593. The van der Waals surface area contributed by atoms with Crippen molar-refractivity contribution in [2.24, 2.45) is 0 Å². The van der Waals surface area contributed by atoms with Crippen molar-refractivity contribution in [3.63, 3.8) is 0 Å². The minimum atomic E-state index is -0.338. The Morgan fingerprint density at radius 1 is 1.40 bits per heavy atom. The lowest BCUT2D eigenvalue weighted by Gasteiger charge is -2.38. The standard InChI is InChI=1S/C15H18N2O2S/c1-10-9-15(3,4)16-14(20)17(10)12-6-5-7-13(8-12)19-11(2)18/h5-9H,1-4H3,(H,16,20). The lowest BCUT2D eigenvalue weighted by Crippen LogP contribution is -2.53. The summed E-state index contributed by atoms with van der Waals surface area (Å²) >= 11 is 5.43. The molecule has 1 heterocycles. The summed E-state index contributed by atoms with van der Waals surface area (Å²) in [5.74, 6) is 0.172. The van der Waals surface area contributed by atoms with Crippen LogP contribution >= 0.6 is 12.2 Å². The molecule has 0 amide bonds. The molecule has 1 aromatic carbocycles. The monoisotopic (exact) mass is 290 g/mol. The Balaban J connectivity index is 2.36. The number of nitrogens with zero attached hydrogens (tertiary/aromatic N) is 1. The molecule has 4 nitrogen and oxygen atoms in total. The van der Waals surface area contributed by atoms with Gasteiger partial charge in [-0.1, -0.05) is 6.07 Å². The number of hydrogen-bond donors (Lipinski definition) is 1. The van der Waals surface area contributed by atoms with Crippen LogP contribution in [0.15, 0.2) is 36.0 Å². The maximum atomic E-state index is 11.0. The molecule has 0 unspecified atom stereocenters. The molecule has 5 heteroatoms. The summed E-state index contributed by atoms with van der Waals surface area (Å²) < 4.78 is 5.11. The Kier molecular flexibility index (Phi) is 3.81. The third kappa shape index (κ3) is 3.17. The van der Waals surface area contributed by atoms with Crippen LogP contribution in [0, 0.1) is 0 Å². The summed E-state index contributed by atoms with van der Waals surface area (Å²) in [4.78, 5) is 13.0. The number of anilines is 1. The van der Waals surface area contributed by atoms with Crippen LogP contribution in [0.1, 0.15) is 27.7 Å². The highest BCUT2D eigenvalue weighted by molar-refractivity contribution is 7.80. The largest absolute Gasteiger partial charge is 0.427 e. The Labute approximate surface area is 124 Å². The molecule has 0 saturated carbocycles. The number of thiocarbonyl (C=S) groups is 1. The molecule has 0 fully saturated rings. The topological polar surface area (TPSA) is 41.6 Å². The van der Waals surface area contributed by atoms with Crippen molar-refractivity contribution in [2.75, 3.05) is 4.90 Å². The van der Waals surface area contributed by atoms with Crippen LogP contribution in [0.25, 0.3) is 0 Å². The van der Waals surface area contributed by atoms with Crippen molar-refractivity contribution in [2.45, 2.75) is 33.2 Å². The van der Waals surface area contributed by atoms with Crippen LogP contribution in [-0.4, -0.2) is 16.6 Å². The first-order valence-electron chi connectivity index (χ1n) is 6.39. The molecule has 0 saturated heterocycles. The van der Waals surface area contributed by atoms with E-state index in [0.29, 0.717) is 10.9 Å². The fraction of sp³-hybridized carbons (Fsp3) is 0.333. The molecule has 0 atom stereocenters. The number of nitrogens with one attached hydrogen (secondary N) is 1. The Morgan fingerprint density at radius 2 is 2.10 bits per heavy atom. The van der Waals surface area contributed by atoms with Gasteiger partial charge in [0.05, 0.1) is 11.2 Å². The van der Waals surface area contributed by atoms with E-state index in [1.54, 1.807) is 12.1 Å². The second kappa shape index (κ2) is 5.25. The van der Waals surface area contributed by atoms with E-state index in [1.807, 2.05) is 24.0 Å². The van der Waals surface area contributed by atoms with Crippen LogP contribution in [0.3, 0.4) is 0 Å². The minimum Gasteiger partial charge on any atom is -0.427 e. The van der Waals surface area contributed by atoms with Crippen molar-refractivity contribution < 1.29 is 9.53 Å². The smallest absolute Gasteiger partial charge is 0.308 e. The molecule has 0 radical (unpaired) electrons. The maximum absolute atomic E-state index is 11.0. The summed E-state index contributed by atoms with van der Waals surface area (Å²) in [6.07, 6.45) is 2.11. The minimum absolute atomic E-state index is 0.162. The zero-order chi connectivity index (χ0) is 14.9. The van der Waals surface area contributed by atoms with Gasteiger partial charge in [0.1, 0.15) is 5.75 Å². The zero-order valence-electron chi connectivity index (χ0n) is 12.1. The van der Waals surface area contributed by atoms with Gasteiger partial charge in [0.15, 0.2) is 5.11 Å². The third-order valence-electron chi connectivity index (χ3n) is 2.89. The molecule has 0 spiro atoms. The van der Waals surface area contributed by atoms with E-state index >= 15 is 0 Å². The normalized spacial score (nSPS) is 17.3. The molecule has 1 aromatic rings. The van der Waals surface area contributed by atoms with Crippen LogP contribution in [0.5, 0.6) is 5.75 Å². The predicted molar refractivity (Wildman–Crippen MR) is 83.8 cm³/mol. The number of ether oxygens (including phenoxy) is 1. The van der Waals surface area contributed by atoms with E-state index in [-0.39, 0.29) is 11.5 Å². The van der Waals surface area contributed by atoms with Crippen molar-refractivity contribution in [1.29, 1.82) is 0 Å². The van der Waals surface area contributed by atoms with E-state index in [2.05, 4.69) is 25.2 Å². The number of benzene rings is 1. The molecular formula is C15H18N2O2S. The summed E-state index contributed by atoms with van der Waals surface area (Å²) in [7, 11) is 0. The molecule has 0 bridgehead atoms. The van der Waals surface area contributed by atoms with E-state index in [4.69, 9.17) is 17.0 Å². The molecular weight excluding hydrogens is 272 g/mol. The Hall–Kier alpha value is -1.88. The van der Waals surface area contributed by atoms with E-state index < -0.39 is 0 Å². The average molecular weight is 290 g/mol. The van der Waals surface area contributed by atoms with Crippen LogP contribution in [0.4, 0.5) is 5.69 Å². The second-order valence-corrected chi connectivity index (χ2v) is 5.75. The van der Waals surface area contributed by atoms with E-state index in [9.17, 15) is 4.79 Å². The van der Waals surface area contributed by atoms with Gasteiger partial charge in [-0.3, -0.25) is 9.69 Å². The van der Waals surface area contributed by atoms with Gasteiger partial charge in [0.25, 0.3) is 0 Å². The summed E-state index contributed by atoms with van der Waals surface area (Å²) in [5.41, 5.74) is 1.75. The molecule has 1 aliphatic rings. The van der Waals surface area contributed by atoms with Crippen LogP contribution in [0.2, 0.25) is 0 Å². The van der Waals surface area contributed by atoms with Gasteiger partial charge in [0.2, 0.25) is 0 Å². The van der Waals surface area contributed by atoms with Crippen molar-refractivity contribution in [3.05, 3.63) is 36.0 Å². The third-order valence-corrected chi connectivity index (χ3v) is 3.18. The Morgan fingerprint density at radius 3 is 2.70 bits per heavy atom. The van der Waals surface area contributed by atoms with Gasteiger partial charge in [0, 0.05) is 18.7 Å². The molecule has 0 aromatic heterocycles. The number of rotatable bonds is 2. The second-order valence-electron chi connectivity index (χ2n) is 5.36. The van der Waals surface area contributed by atoms with Crippen LogP contribution < -0.4 is 15.0 Å². The van der Waals surface area contributed by atoms with Gasteiger partial charge >= 0.3 is 5.97 Å². The van der Waals surface area contributed by atoms with Gasteiger partial charge in [-0.05, 0) is 51.2 Å². The first kappa shape index (κ1) is 14.5. The first-order chi connectivity index (χ1) is 9.28. The quantitative estimate of drug-likeness (QED) is 0.515. The zero-order valence-corrected chi connectivity index (χ0v) is 12.9. The highest BCUT2D eigenvalue weighted by Crippen LogP contribution is 2.28. The summed E-state index contributed by atoms with van der Waals surface area (Å²) in [6.45, 7) is 7.52. The summed E-state index contributed by atoms with van der Waals surface area (Å²) in [5, 5.41) is 3.90. The highest BCUT2D eigenvalue weighted by atomic mass is 32.1. The van der Waals surface area contributed by atoms with Crippen molar-refractivity contribution in [1.82, 2.24) is 5.32 Å². The van der Waals surface area contributed by atoms with Gasteiger partial charge in [-0.25, -0.2) is 0 Å². The van der Waals surface area contributed by atoms with Gasteiger partial charge in [-0.15, -0.1) is 0 Å². The average Bonchev–Trinajstić information content (AvgIpc) is 2.25.